The first kappa shape index (κ1) is 10.7. The molecule has 0 unspecified atom stereocenters. The number of carbonyl (C=O) groups is 1. The lowest BCUT2D eigenvalue weighted by Crippen LogP contribution is -2.23. The third-order valence-electron chi connectivity index (χ3n) is 1.99. The molecule has 0 aliphatic carbocycles. The minimum atomic E-state index is -3.73. The van der Waals surface area contributed by atoms with Crippen LogP contribution in [-0.2, 0) is 14.8 Å². The minimum Gasteiger partial charge on any atom is -0.341 e. The van der Waals surface area contributed by atoms with Gasteiger partial charge in [0.15, 0.2) is 0 Å². The fourth-order valence-corrected chi connectivity index (χ4v) is 2.46. The molecule has 6 nitrogen and oxygen atoms in total. The molecule has 1 N–H and O–H groups in total. The Morgan fingerprint density at radius 1 is 1.50 bits per heavy atom. The summed E-state index contributed by atoms with van der Waals surface area (Å²) in [7, 11) is -3.73. The molecule has 1 aromatic rings. The molecule has 7 heteroatoms. The van der Waals surface area contributed by atoms with Crippen LogP contribution in [0.4, 0.5) is 5.69 Å². The normalized spacial score (nSPS) is 16.9. The van der Waals surface area contributed by atoms with Crippen LogP contribution in [0.5, 0.6) is 0 Å². The fourth-order valence-electron chi connectivity index (χ4n) is 1.37. The van der Waals surface area contributed by atoms with E-state index >= 15 is 0 Å². The number of sulfonamides is 1. The zero-order valence-corrected chi connectivity index (χ0v) is 9.28. The Hall–Kier alpha value is -1.76. The molecule has 1 aliphatic rings. The van der Waals surface area contributed by atoms with Crippen molar-refractivity contribution in [1.29, 1.82) is 0 Å². The van der Waals surface area contributed by atoms with Crippen LogP contribution in [0, 0.1) is 0 Å². The maximum Gasteiger partial charge on any atom is 0.287 e. The number of hydrogen-bond acceptors (Lipinski definition) is 5. The first-order valence-electron chi connectivity index (χ1n) is 4.53. The molecule has 0 amide bonds. The van der Waals surface area contributed by atoms with Crippen LogP contribution >= 0.6 is 0 Å². The van der Waals surface area contributed by atoms with Crippen molar-refractivity contribution in [3.63, 3.8) is 0 Å². The Morgan fingerprint density at radius 3 is 2.94 bits per heavy atom. The Balaban J connectivity index is 2.48. The highest BCUT2D eigenvalue weighted by molar-refractivity contribution is 7.90. The van der Waals surface area contributed by atoms with Crippen molar-refractivity contribution in [2.45, 2.75) is 18.2 Å². The van der Waals surface area contributed by atoms with Crippen LogP contribution in [-0.4, -0.2) is 25.0 Å². The Labute approximate surface area is 92.5 Å². The summed E-state index contributed by atoms with van der Waals surface area (Å²) < 4.78 is 26.9. The number of anilines is 1. The summed E-state index contributed by atoms with van der Waals surface area (Å²) in [6, 6.07) is 1.53. The SMILES string of the molecule is CC(=O)CC1=NS(=O)(=O)c2cnccc2N1. The summed E-state index contributed by atoms with van der Waals surface area (Å²) in [6.45, 7) is 1.37. The highest BCUT2D eigenvalue weighted by Crippen LogP contribution is 2.26. The van der Waals surface area contributed by atoms with Gasteiger partial charge in [0.25, 0.3) is 10.0 Å². The number of hydrogen-bond donors (Lipinski definition) is 1. The molecule has 0 spiro atoms. The Bertz CT molecular complexity index is 577. The third kappa shape index (κ3) is 1.94. The number of carbonyl (C=O) groups excluding carboxylic acids is 1. The molecule has 2 rings (SSSR count). The van der Waals surface area contributed by atoms with Gasteiger partial charge in [0.05, 0.1) is 12.1 Å². The number of fused-ring (bicyclic) bond motifs is 1. The lowest BCUT2D eigenvalue weighted by Gasteiger charge is -2.16. The molecule has 0 atom stereocenters. The van der Waals surface area contributed by atoms with Gasteiger partial charge in [0.1, 0.15) is 16.5 Å². The quantitative estimate of drug-likeness (QED) is 0.815. The largest absolute Gasteiger partial charge is 0.341 e. The topological polar surface area (TPSA) is 88.5 Å². The fraction of sp³-hybridized carbons (Fsp3) is 0.222. The number of nitrogens with one attached hydrogen (secondary N) is 1. The van der Waals surface area contributed by atoms with Gasteiger partial charge in [-0.25, -0.2) is 0 Å². The second-order valence-electron chi connectivity index (χ2n) is 3.39. The predicted octanol–water partition coefficient (Wildman–Crippen LogP) is 0.573. The van der Waals surface area contributed by atoms with Crippen molar-refractivity contribution in [2.75, 3.05) is 5.32 Å². The number of aromatic nitrogens is 1. The third-order valence-corrected chi connectivity index (χ3v) is 3.33. The van der Waals surface area contributed by atoms with Crippen LogP contribution in [0.25, 0.3) is 0 Å². The van der Waals surface area contributed by atoms with Crippen LogP contribution < -0.4 is 5.32 Å². The first-order chi connectivity index (χ1) is 7.49. The highest BCUT2D eigenvalue weighted by atomic mass is 32.2. The maximum absolute atomic E-state index is 11.7. The van der Waals surface area contributed by atoms with Crippen molar-refractivity contribution >= 4 is 27.3 Å². The van der Waals surface area contributed by atoms with Crippen molar-refractivity contribution in [3.8, 4) is 0 Å². The molecule has 1 aromatic heterocycles. The van der Waals surface area contributed by atoms with Gasteiger partial charge in [-0.2, -0.15) is 8.42 Å². The predicted molar refractivity (Wildman–Crippen MR) is 57.8 cm³/mol. The molecular weight excluding hydrogens is 230 g/mol. The van der Waals surface area contributed by atoms with E-state index in [1.54, 1.807) is 0 Å². The number of pyridine rings is 1. The van der Waals surface area contributed by atoms with E-state index in [1.807, 2.05) is 0 Å². The van der Waals surface area contributed by atoms with E-state index in [-0.39, 0.29) is 22.9 Å². The number of amidine groups is 1. The smallest absolute Gasteiger partial charge is 0.287 e. The van der Waals surface area contributed by atoms with E-state index in [4.69, 9.17) is 0 Å². The average molecular weight is 239 g/mol. The molecule has 0 saturated carbocycles. The molecular formula is C9H9N3O3S. The number of nitrogens with zero attached hydrogens (tertiary/aromatic N) is 2. The number of Topliss-reactive ketones (excluding diaryl/α,β-unsaturated/α-hetero) is 1. The molecule has 0 radical (unpaired) electrons. The number of ketones is 1. The van der Waals surface area contributed by atoms with Crippen LogP contribution in [0.15, 0.2) is 27.8 Å². The van der Waals surface area contributed by atoms with E-state index in [0.717, 1.165) is 0 Å². The van der Waals surface area contributed by atoms with Gasteiger partial charge in [-0.3, -0.25) is 9.78 Å². The summed E-state index contributed by atoms with van der Waals surface area (Å²) >= 11 is 0. The minimum absolute atomic E-state index is 0.0268. The van der Waals surface area contributed by atoms with E-state index in [9.17, 15) is 13.2 Å². The van der Waals surface area contributed by atoms with Crippen molar-refractivity contribution < 1.29 is 13.2 Å². The first-order valence-corrected chi connectivity index (χ1v) is 5.97. The van der Waals surface area contributed by atoms with Gasteiger partial charge in [-0.05, 0) is 13.0 Å². The van der Waals surface area contributed by atoms with Gasteiger partial charge in [0, 0.05) is 12.4 Å². The summed E-state index contributed by atoms with van der Waals surface area (Å²) in [6.07, 6.45) is 2.67. The zero-order chi connectivity index (χ0) is 11.8. The molecule has 84 valence electrons. The molecule has 1 aliphatic heterocycles. The summed E-state index contributed by atoms with van der Waals surface area (Å²) in [4.78, 5) is 14.7. The standard InChI is InChI=1S/C9H9N3O3S/c1-6(13)4-9-11-7-2-3-10-5-8(7)16(14,15)12-9/h2-3,5H,4H2,1H3,(H,11,12). The van der Waals surface area contributed by atoms with E-state index in [0.29, 0.717) is 5.69 Å². The van der Waals surface area contributed by atoms with Gasteiger partial charge >= 0.3 is 0 Å². The highest BCUT2D eigenvalue weighted by Gasteiger charge is 2.25. The van der Waals surface area contributed by atoms with Gasteiger partial charge in [-0.1, -0.05) is 0 Å². The van der Waals surface area contributed by atoms with Gasteiger partial charge in [-0.15, -0.1) is 4.40 Å². The van der Waals surface area contributed by atoms with Crippen LogP contribution in [0.1, 0.15) is 13.3 Å². The zero-order valence-electron chi connectivity index (χ0n) is 8.47. The number of rotatable bonds is 2. The van der Waals surface area contributed by atoms with Crippen molar-refractivity contribution in [3.05, 3.63) is 18.5 Å². The van der Waals surface area contributed by atoms with E-state index in [1.165, 1.54) is 25.4 Å². The molecule has 0 bridgehead atoms. The van der Waals surface area contributed by atoms with Crippen molar-refractivity contribution in [2.24, 2.45) is 4.40 Å². The average Bonchev–Trinajstić information content (AvgIpc) is 2.15. The summed E-state index contributed by atoms with van der Waals surface area (Å²) in [5, 5.41) is 2.79. The second-order valence-corrected chi connectivity index (χ2v) is 4.96. The Kier molecular flexibility index (Phi) is 2.47. The molecule has 16 heavy (non-hydrogen) atoms. The molecule has 0 fully saturated rings. The Morgan fingerprint density at radius 2 is 2.25 bits per heavy atom. The van der Waals surface area contributed by atoms with E-state index < -0.39 is 10.0 Å². The second kappa shape index (κ2) is 3.67. The van der Waals surface area contributed by atoms with Crippen LogP contribution in [0.2, 0.25) is 0 Å². The van der Waals surface area contributed by atoms with E-state index in [2.05, 4.69) is 14.7 Å². The lowest BCUT2D eigenvalue weighted by atomic mass is 10.3. The van der Waals surface area contributed by atoms with Crippen LogP contribution in [0.3, 0.4) is 0 Å². The molecule has 0 saturated heterocycles. The monoisotopic (exact) mass is 239 g/mol. The molecule has 2 heterocycles. The van der Waals surface area contributed by atoms with Gasteiger partial charge in [0.2, 0.25) is 0 Å². The summed E-state index contributed by atoms with van der Waals surface area (Å²) in [5.74, 6) is -0.00911. The van der Waals surface area contributed by atoms with Crippen molar-refractivity contribution in [1.82, 2.24) is 4.98 Å². The van der Waals surface area contributed by atoms with Gasteiger partial charge < -0.3 is 5.32 Å². The maximum atomic E-state index is 11.7. The lowest BCUT2D eigenvalue weighted by molar-refractivity contribution is -0.115. The summed E-state index contributed by atoms with van der Waals surface area (Å²) in [5.41, 5.74) is 0.404. The molecule has 0 aromatic carbocycles.